The third-order valence-corrected chi connectivity index (χ3v) is 4.22. The second-order valence-corrected chi connectivity index (χ2v) is 6.02. The monoisotopic (exact) mass is 359 g/mol. The molecule has 1 atom stereocenters. The maximum Gasteiger partial charge on any atom is 0.275 e. The molecule has 1 heterocycles. The highest BCUT2D eigenvalue weighted by Gasteiger charge is 2.25. The Labute approximate surface area is 153 Å². The van der Waals surface area contributed by atoms with Gasteiger partial charge in [-0.15, -0.1) is 0 Å². The lowest BCUT2D eigenvalue weighted by atomic mass is 10.0. The highest BCUT2D eigenvalue weighted by Crippen LogP contribution is 2.27. The summed E-state index contributed by atoms with van der Waals surface area (Å²) in [6, 6.07) is 18.5. The van der Waals surface area contributed by atoms with Crippen LogP contribution < -0.4 is 16.0 Å². The number of benzene rings is 3. The lowest BCUT2D eigenvalue weighted by Gasteiger charge is -2.17. The SMILES string of the molecule is O=C(Nc1ccccc1C1N=c2ccccc2=NC1=O)c1ccc(F)cc1. The Morgan fingerprint density at radius 3 is 2.33 bits per heavy atom. The van der Waals surface area contributed by atoms with Crippen molar-refractivity contribution in [3.05, 3.63) is 100 Å². The number of nitrogens with one attached hydrogen (secondary N) is 1. The van der Waals surface area contributed by atoms with E-state index < -0.39 is 23.7 Å². The van der Waals surface area contributed by atoms with Crippen molar-refractivity contribution in [3.63, 3.8) is 0 Å². The fourth-order valence-electron chi connectivity index (χ4n) is 2.89. The summed E-state index contributed by atoms with van der Waals surface area (Å²) in [7, 11) is 0. The summed E-state index contributed by atoms with van der Waals surface area (Å²) in [5.41, 5.74) is 1.33. The second kappa shape index (κ2) is 6.92. The van der Waals surface area contributed by atoms with E-state index in [1.807, 2.05) is 6.07 Å². The lowest BCUT2D eigenvalue weighted by molar-refractivity contribution is -0.119. The third kappa shape index (κ3) is 3.37. The number of hydrogen-bond acceptors (Lipinski definition) is 3. The number of hydrogen-bond donors (Lipinski definition) is 1. The van der Waals surface area contributed by atoms with Crippen molar-refractivity contribution in [1.82, 2.24) is 0 Å². The highest BCUT2D eigenvalue weighted by molar-refractivity contribution is 6.05. The minimum atomic E-state index is -0.829. The van der Waals surface area contributed by atoms with Crippen molar-refractivity contribution in [1.29, 1.82) is 0 Å². The maximum atomic E-state index is 13.1. The molecule has 27 heavy (non-hydrogen) atoms. The van der Waals surface area contributed by atoms with Gasteiger partial charge in [0.1, 0.15) is 5.82 Å². The minimum absolute atomic E-state index is 0.313. The van der Waals surface area contributed by atoms with Crippen LogP contribution in [0.4, 0.5) is 10.1 Å². The summed E-state index contributed by atoms with van der Waals surface area (Å²) in [5, 5.41) is 3.93. The van der Waals surface area contributed by atoms with E-state index in [2.05, 4.69) is 15.3 Å². The molecule has 0 bridgehead atoms. The van der Waals surface area contributed by atoms with Crippen molar-refractivity contribution < 1.29 is 14.0 Å². The molecule has 6 heteroatoms. The van der Waals surface area contributed by atoms with E-state index in [9.17, 15) is 14.0 Å². The van der Waals surface area contributed by atoms with Gasteiger partial charge in [0.25, 0.3) is 11.8 Å². The standard InChI is InChI=1S/C21H14FN3O2/c22-14-11-9-13(10-12-14)20(26)24-16-6-2-1-5-15(16)19-21(27)25-18-8-4-3-7-17(18)23-19/h1-12,19H,(H,24,26). The van der Waals surface area contributed by atoms with Crippen LogP contribution in [0.2, 0.25) is 0 Å². The zero-order valence-electron chi connectivity index (χ0n) is 14.1. The first-order valence-corrected chi connectivity index (χ1v) is 8.33. The van der Waals surface area contributed by atoms with Crippen LogP contribution in [0, 0.1) is 5.82 Å². The van der Waals surface area contributed by atoms with Gasteiger partial charge in [-0.2, -0.15) is 0 Å². The highest BCUT2D eigenvalue weighted by atomic mass is 19.1. The van der Waals surface area contributed by atoms with Crippen molar-refractivity contribution in [3.8, 4) is 0 Å². The van der Waals surface area contributed by atoms with Gasteiger partial charge in [0, 0.05) is 16.8 Å². The molecule has 1 aliphatic heterocycles. The van der Waals surface area contributed by atoms with Gasteiger partial charge in [0.2, 0.25) is 0 Å². The van der Waals surface area contributed by atoms with Gasteiger partial charge < -0.3 is 5.32 Å². The van der Waals surface area contributed by atoms with Crippen LogP contribution in [-0.2, 0) is 4.79 Å². The van der Waals surface area contributed by atoms with Gasteiger partial charge in [-0.3, -0.25) is 14.6 Å². The molecule has 3 aromatic carbocycles. The Morgan fingerprint density at radius 2 is 1.56 bits per heavy atom. The van der Waals surface area contributed by atoms with E-state index >= 15 is 0 Å². The molecule has 2 amide bonds. The smallest absolute Gasteiger partial charge is 0.275 e. The first kappa shape index (κ1) is 16.8. The molecule has 3 aromatic rings. The predicted molar refractivity (Wildman–Crippen MR) is 97.3 cm³/mol. The largest absolute Gasteiger partial charge is 0.322 e. The number of amides is 2. The van der Waals surface area contributed by atoms with Crippen LogP contribution >= 0.6 is 0 Å². The quantitative estimate of drug-likeness (QED) is 0.781. The minimum Gasteiger partial charge on any atom is -0.322 e. The first-order chi connectivity index (χ1) is 13.1. The summed E-state index contributed by atoms with van der Waals surface area (Å²) < 4.78 is 13.1. The second-order valence-electron chi connectivity index (χ2n) is 6.02. The van der Waals surface area contributed by atoms with E-state index in [4.69, 9.17) is 0 Å². The zero-order chi connectivity index (χ0) is 18.8. The topological polar surface area (TPSA) is 70.9 Å². The number of carbonyl (C=O) groups is 2. The van der Waals surface area contributed by atoms with Gasteiger partial charge in [0.05, 0.1) is 10.7 Å². The van der Waals surface area contributed by atoms with E-state index in [1.165, 1.54) is 24.3 Å². The van der Waals surface area contributed by atoms with Crippen molar-refractivity contribution in [2.75, 3.05) is 5.32 Å². The Balaban J connectivity index is 1.70. The fraction of sp³-hybridized carbons (Fsp3) is 0.0476. The molecule has 0 spiro atoms. The van der Waals surface area contributed by atoms with E-state index in [0.717, 1.165) is 0 Å². The normalized spacial score (nSPS) is 15.3. The third-order valence-electron chi connectivity index (χ3n) is 4.22. The summed E-state index contributed by atoms with van der Waals surface area (Å²) in [6.45, 7) is 0. The molecule has 0 saturated carbocycles. The molecule has 1 aliphatic rings. The summed E-state index contributed by atoms with van der Waals surface area (Å²) in [5.74, 6) is -1.21. The van der Waals surface area contributed by atoms with Crippen LogP contribution in [0.5, 0.6) is 0 Å². The number of rotatable bonds is 3. The average Bonchev–Trinajstić information content (AvgIpc) is 2.68. The van der Waals surface area contributed by atoms with Crippen LogP contribution in [0.3, 0.4) is 0 Å². The molecule has 0 aromatic heterocycles. The van der Waals surface area contributed by atoms with Gasteiger partial charge in [-0.25, -0.2) is 9.38 Å². The molecule has 5 nitrogen and oxygen atoms in total. The lowest BCUT2D eigenvalue weighted by Crippen LogP contribution is -2.33. The van der Waals surface area contributed by atoms with Crippen molar-refractivity contribution in [2.45, 2.75) is 6.04 Å². The van der Waals surface area contributed by atoms with Crippen LogP contribution in [0.1, 0.15) is 22.0 Å². The van der Waals surface area contributed by atoms with Crippen LogP contribution in [-0.4, -0.2) is 11.8 Å². The molecule has 1 unspecified atom stereocenters. The number of halogens is 1. The summed E-state index contributed by atoms with van der Waals surface area (Å²) in [4.78, 5) is 33.6. The Kier molecular flexibility index (Phi) is 4.30. The molecule has 0 saturated heterocycles. The van der Waals surface area contributed by atoms with Gasteiger partial charge >= 0.3 is 0 Å². The molecular formula is C21H14FN3O2. The van der Waals surface area contributed by atoms with Gasteiger partial charge in [-0.1, -0.05) is 30.3 Å². The number of fused-ring (bicyclic) bond motifs is 1. The van der Waals surface area contributed by atoms with E-state index in [0.29, 0.717) is 27.5 Å². The molecule has 0 fully saturated rings. The Hall–Kier alpha value is -3.67. The van der Waals surface area contributed by atoms with E-state index in [-0.39, 0.29) is 0 Å². The fourth-order valence-corrected chi connectivity index (χ4v) is 2.89. The Bertz CT molecular complexity index is 1160. The Morgan fingerprint density at radius 1 is 0.889 bits per heavy atom. The number of para-hydroxylation sites is 3. The molecule has 132 valence electrons. The summed E-state index contributed by atoms with van der Waals surface area (Å²) in [6.07, 6.45) is 0. The molecule has 0 radical (unpaired) electrons. The average molecular weight is 359 g/mol. The molecule has 0 aliphatic carbocycles. The zero-order valence-corrected chi connectivity index (χ0v) is 14.1. The maximum absolute atomic E-state index is 13.1. The van der Waals surface area contributed by atoms with Crippen molar-refractivity contribution in [2.24, 2.45) is 9.98 Å². The predicted octanol–water partition coefficient (Wildman–Crippen LogP) is 2.60. The molecular weight excluding hydrogens is 345 g/mol. The molecule has 4 rings (SSSR count). The van der Waals surface area contributed by atoms with Crippen LogP contribution in [0.25, 0.3) is 0 Å². The van der Waals surface area contributed by atoms with E-state index in [1.54, 1.807) is 42.5 Å². The number of anilines is 1. The van der Waals surface area contributed by atoms with Crippen molar-refractivity contribution >= 4 is 17.5 Å². The molecule has 1 N–H and O–H groups in total. The van der Waals surface area contributed by atoms with Crippen LogP contribution in [0.15, 0.2) is 82.8 Å². The van der Waals surface area contributed by atoms with Gasteiger partial charge in [0.15, 0.2) is 6.04 Å². The first-order valence-electron chi connectivity index (χ1n) is 8.33. The number of nitrogens with zero attached hydrogens (tertiary/aromatic N) is 2. The number of carbonyl (C=O) groups excluding carboxylic acids is 2. The summed E-state index contributed by atoms with van der Waals surface area (Å²) >= 11 is 0. The van der Waals surface area contributed by atoms with Gasteiger partial charge in [-0.05, 0) is 42.5 Å².